The van der Waals surface area contributed by atoms with Gasteiger partial charge in [0.2, 0.25) is 0 Å². The number of carboxylic acids is 1. The van der Waals surface area contributed by atoms with Crippen LogP contribution in [0.5, 0.6) is 0 Å². The first kappa shape index (κ1) is 18.3. The zero-order chi connectivity index (χ0) is 15.9. The van der Waals surface area contributed by atoms with Gasteiger partial charge < -0.3 is 14.7 Å². The summed E-state index contributed by atoms with van der Waals surface area (Å²) in [6, 6.07) is -0.967. The molecular formula is C12H25N3O5S. The van der Waals surface area contributed by atoms with Crippen LogP contribution in [-0.2, 0) is 19.7 Å². The van der Waals surface area contributed by atoms with E-state index < -0.39 is 22.2 Å². The monoisotopic (exact) mass is 323 g/mol. The van der Waals surface area contributed by atoms with Crippen molar-refractivity contribution >= 4 is 16.2 Å². The smallest absolute Gasteiger partial charge is 0.322 e. The summed E-state index contributed by atoms with van der Waals surface area (Å²) >= 11 is 0. The van der Waals surface area contributed by atoms with Crippen LogP contribution in [0.25, 0.3) is 0 Å². The van der Waals surface area contributed by atoms with E-state index in [1.807, 2.05) is 19.0 Å². The van der Waals surface area contributed by atoms with Gasteiger partial charge >= 0.3 is 5.97 Å². The van der Waals surface area contributed by atoms with Gasteiger partial charge in [-0.2, -0.15) is 17.4 Å². The maximum Gasteiger partial charge on any atom is 0.322 e. The lowest BCUT2D eigenvalue weighted by Gasteiger charge is -2.31. The minimum absolute atomic E-state index is 0.138. The number of carboxylic acid groups (broad SMARTS) is 1. The Hall–Kier alpha value is -0.740. The summed E-state index contributed by atoms with van der Waals surface area (Å²) in [6.45, 7) is 1.93. The molecule has 21 heavy (non-hydrogen) atoms. The fraction of sp³-hybridized carbons (Fsp3) is 0.917. The van der Waals surface area contributed by atoms with Gasteiger partial charge in [-0.15, -0.1) is 0 Å². The second-order valence-electron chi connectivity index (χ2n) is 5.28. The molecule has 1 aliphatic heterocycles. The van der Waals surface area contributed by atoms with E-state index in [2.05, 4.69) is 4.72 Å². The van der Waals surface area contributed by atoms with E-state index in [0.717, 1.165) is 17.3 Å². The number of aliphatic carboxylic acids is 1. The molecule has 1 saturated heterocycles. The highest BCUT2D eigenvalue weighted by Gasteiger charge is 2.36. The van der Waals surface area contributed by atoms with E-state index in [4.69, 9.17) is 9.84 Å². The van der Waals surface area contributed by atoms with E-state index in [1.54, 1.807) is 0 Å². The molecule has 0 aromatic carbocycles. The molecule has 0 amide bonds. The molecule has 0 aliphatic carbocycles. The van der Waals surface area contributed by atoms with Crippen molar-refractivity contribution in [3.63, 3.8) is 0 Å². The minimum Gasteiger partial charge on any atom is -0.480 e. The molecule has 1 heterocycles. The van der Waals surface area contributed by atoms with Crippen LogP contribution < -0.4 is 4.72 Å². The Balaban J connectivity index is 2.39. The predicted molar refractivity (Wildman–Crippen MR) is 78.3 cm³/mol. The van der Waals surface area contributed by atoms with Gasteiger partial charge in [-0.25, -0.2) is 0 Å². The zero-order valence-electron chi connectivity index (χ0n) is 12.6. The Bertz CT molecular complexity index is 427. The summed E-state index contributed by atoms with van der Waals surface area (Å²) in [7, 11) is 0.0812. The maximum absolute atomic E-state index is 12.1. The van der Waals surface area contributed by atoms with Crippen molar-refractivity contribution in [1.82, 2.24) is 13.9 Å². The summed E-state index contributed by atoms with van der Waals surface area (Å²) in [5, 5.41) is 9.10. The molecule has 124 valence electrons. The maximum atomic E-state index is 12.1. The minimum atomic E-state index is -3.77. The predicted octanol–water partition coefficient (Wildman–Crippen LogP) is -0.662. The summed E-state index contributed by atoms with van der Waals surface area (Å²) in [4.78, 5) is 13.1. The number of hydrogen-bond acceptors (Lipinski definition) is 5. The highest BCUT2D eigenvalue weighted by molar-refractivity contribution is 7.87. The normalized spacial score (nSPS) is 20.8. The Morgan fingerprint density at radius 1 is 1.38 bits per heavy atom. The molecule has 0 aromatic heterocycles. The molecule has 8 nitrogen and oxygen atoms in total. The third kappa shape index (κ3) is 6.27. The lowest BCUT2D eigenvalue weighted by Crippen LogP contribution is -2.52. The second-order valence-corrected chi connectivity index (χ2v) is 6.98. The lowest BCUT2D eigenvalue weighted by molar-refractivity contribution is -0.142. The van der Waals surface area contributed by atoms with E-state index in [0.29, 0.717) is 19.4 Å². The van der Waals surface area contributed by atoms with Crippen molar-refractivity contribution < 1.29 is 23.1 Å². The molecule has 0 bridgehead atoms. The standard InChI is InChI=1S/C12H25N3O5S/c1-14(2)8-10-20-9-6-13-21(18,19)15-7-4-3-5-11(15)12(16)17/h11,13H,3-10H2,1-2H3,(H,16,17). The molecule has 0 saturated carbocycles. The molecule has 1 unspecified atom stereocenters. The fourth-order valence-corrected chi connectivity index (χ4v) is 3.52. The van der Waals surface area contributed by atoms with Gasteiger partial charge in [0.1, 0.15) is 6.04 Å². The molecule has 1 rings (SSSR count). The van der Waals surface area contributed by atoms with Crippen molar-refractivity contribution in [3.05, 3.63) is 0 Å². The molecule has 0 aromatic rings. The molecule has 1 fully saturated rings. The van der Waals surface area contributed by atoms with Crippen LogP contribution in [0.4, 0.5) is 0 Å². The van der Waals surface area contributed by atoms with Crippen LogP contribution in [0.2, 0.25) is 0 Å². The average molecular weight is 323 g/mol. The molecule has 1 atom stereocenters. The van der Waals surface area contributed by atoms with Crippen LogP contribution in [0.1, 0.15) is 19.3 Å². The SMILES string of the molecule is CN(C)CCOCCNS(=O)(=O)N1CCCCC1C(=O)O. The van der Waals surface area contributed by atoms with Gasteiger partial charge in [0.25, 0.3) is 10.2 Å². The molecule has 2 N–H and O–H groups in total. The van der Waals surface area contributed by atoms with Gasteiger partial charge in [0.15, 0.2) is 0 Å². The van der Waals surface area contributed by atoms with Crippen LogP contribution in [0.15, 0.2) is 0 Å². The Kier molecular flexibility index (Phi) is 7.53. The van der Waals surface area contributed by atoms with E-state index >= 15 is 0 Å². The van der Waals surface area contributed by atoms with E-state index in [9.17, 15) is 13.2 Å². The van der Waals surface area contributed by atoms with Gasteiger partial charge in [-0.1, -0.05) is 0 Å². The highest BCUT2D eigenvalue weighted by Crippen LogP contribution is 2.19. The van der Waals surface area contributed by atoms with Crippen molar-refractivity contribution in [3.8, 4) is 0 Å². The summed E-state index contributed by atoms with van der Waals surface area (Å²) < 4.78 is 33.0. The highest BCUT2D eigenvalue weighted by atomic mass is 32.2. The van der Waals surface area contributed by atoms with Gasteiger partial charge in [0, 0.05) is 19.6 Å². The first-order valence-electron chi connectivity index (χ1n) is 7.06. The third-order valence-corrected chi connectivity index (χ3v) is 4.88. The number of nitrogens with zero attached hydrogens (tertiary/aromatic N) is 2. The summed E-state index contributed by atoms with van der Waals surface area (Å²) in [5.41, 5.74) is 0. The quantitative estimate of drug-likeness (QED) is 0.547. The van der Waals surface area contributed by atoms with E-state index in [1.165, 1.54) is 0 Å². The largest absolute Gasteiger partial charge is 0.480 e. The topological polar surface area (TPSA) is 99.2 Å². The number of likely N-dealkylation sites (N-methyl/N-ethyl adjacent to an activating group) is 1. The fourth-order valence-electron chi connectivity index (χ4n) is 2.11. The number of carbonyl (C=O) groups is 1. The van der Waals surface area contributed by atoms with Gasteiger partial charge in [-0.05, 0) is 33.4 Å². The molecule has 0 radical (unpaired) electrons. The first-order valence-corrected chi connectivity index (χ1v) is 8.50. The summed E-state index contributed by atoms with van der Waals surface area (Å²) in [5.74, 6) is -1.10. The number of nitrogens with one attached hydrogen (secondary N) is 1. The zero-order valence-corrected chi connectivity index (χ0v) is 13.4. The van der Waals surface area contributed by atoms with Gasteiger partial charge in [-0.3, -0.25) is 4.79 Å². The number of piperidine rings is 1. The second kappa shape index (κ2) is 8.64. The van der Waals surface area contributed by atoms with E-state index in [-0.39, 0.29) is 19.7 Å². The number of rotatable bonds is 9. The Morgan fingerprint density at radius 2 is 2.10 bits per heavy atom. The average Bonchev–Trinajstić information content (AvgIpc) is 2.42. The van der Waals surface area contributed by atoms with Crippen molar-refractivity contribution in [2.24, 2.45) is 0 Å². The Morgan fingerprint density at radius 3 is 2.71 bits per heavy atom. The number of ether oxygens (including phenoxy) is 1. The van der Waals surface area contributed by atoms with Crippen LogP contribution in [0, 0.1) is 0 Å². The number of hydrogen-bond donors (Lipinski definition) is 2. The molecule has 0 spiro atoms. The Labute approximate surface area is 126 Å². The van der Waals surface area contributed by atoms with Crippen molar-refractivity contribution in [2.75, 3.05) is 46.9 Å². The van der Waals surface area contributed by atoms with Crippen molar-refractivity contribution in [1.29, 1.82) is 0 Å². The summed E-state index contributed by atoms with van der Waals surface area (Å²) in [6.07, 6.45) is 1.77. The lowest BCUT2D eigenvalue weighted by atomic mass is 10.1. The van der Waals surface area contributed by atoms with Crippen LogP contribution >= 0.6 is 0 Å². The first-order chi connectivity index (χ1) is 9.84. The molecular weight excluding hydrogens is 298 g/mol. The van der Waals surface area contributed by atoms with Crippen LogP contribution in [-0.4, -0.2) is 81.7 Å². The molecule has 1 aliphatic rings. The molecule has 9 heteroatoms. The van der Waals surface area contributed by atoms with Crippen LogP contribution in [0.3, 0.4) is 0 Å². The van der Waals surface area contributed by atoms with Crippen molar-refractivity contribution in [2.45, 2.75) is 25.3 Å². The van der Waals surface area contributed by atoms with Gasteiger partial charge in [0.05, 0.1) is 13.2 Å². The third-order valence-electron chi connectivity index (χ3n) is 3.26.